The largest absolute Gasteiger partial charge is 0.439 e. The average Bonchev–Trinajstić information content (AvgIpc) is 3.12. The molecule has 8 nitrogen and oxygen atoms in total. The van der Waals surface area contributed by atoms with Crippen molar-refractivity contribution in [2.24, 2.45) is 4.99 Å². The van der Waals surface area contributed by atoms with E-state index in [1.165, 1.54) is 12.1 Å². The first kappa shape index (κ1) is 21.6. The zero-order valence-corrected chi connectivity index (χ0v) is 17.4. The number of ether oxygens (including phenoxy) is 1. The zero-order valence-electron chi connectivity index (χ0n) is 15.1. The topological polar surface area (TPSA) is 118 Å². The molecule has 0 fully saturated rings. The maximum Gasteiger partial charge on any atom is 0.439 e. The van der Waals surface area contributed by atoms with Crippen LogP contribution in [0.1, 0.15) is 29.5 Å². The quantitative estimate of drug-likeness (QED) is 0.505. The molecule has 2 atom stereocenters. The predicted octanol–water partition coefficient (Wildman–Crippen LogP) is 3.19. The van der Waals surface area contributed by atoms with E-state index >= 15 is 0 Å². The van der Waals surface area contributed by atoms with Crippen LogP contribution in [0.3, 0.4) is 0 Å². The van der Waals surface area contributed by atoms with Crippen molar-refractivity contribution in [2.45, 2.75) is 31.2 Å². The number of nitrogens with one attached hydrogen (secondary N) is 1. The molecular formula is C18H16Cl3N3O5. The number of aliphatic hydroxyl groups is 1. The lowest BCUT2D eigenvalue weighted by atomic mass is 10.0. The molecule has 2 heterocycles. The van der Waals surface area contributed by atoms with Gasteiger partial charge in [0.05, 0.1) is 28.1 Å². The van der Waals surface area contributed by atoms with Crippen molar-refractivity contribution >= 4 is 46.5 Å². The van der Waals surface area contributed by atoms with Gasteiger partial charge in [-0.15, -0.1) is 11.6 Å². The monoisotopic (exact) mass is 459 g/mol. The summed E-state index contributed by atoms with van der Waals surface area (Å²) in [7, 11) is 0. The number of rotatable bonds is 6. The number of ketones is 1. The Balaban J connectivity index is 1.78. The molecule has 0 radical (unpaired) electrons. The molecule has 0 saturated carbocycles. The highest BCUT2D eigenvalue weighted by Gasteiger charge is 2.24. The molecule has 1 aliphatic heterocycles. The van der Waals surface area contributed by atoms with Crippen LogP contribution >= 0.6 is 34.8 Å². The standard InChI is InChI=1S/C18H16Cl3N3O5/c1-2-13(25)9-6-15(22-7-12(9)21)28-16-10(19)3-8(4-11(16)20)5-14(26)17-23-18(27)29-24-17/h3-4,6,12-13,25H,2,5,7H2,1H3,(H,23,24,27)/t12?,13-/m1/s1. The van der Waals surface area contributed by atoms with Gasteiger partial charge in [0.25, 0.3) is 0 Å². The first-order chi connectivity index (χ1) is 13.8. The van der Waals surface area contributed by atoms with Crippen LogP contribution in [0, 0.1) is 0 Å². The van der Waals surface area contributed by atoms with Gasteiger partial charge in [0.1, 0.15) is 0 Å². The lowest BCUT2D eigenvalue weighted by Crippen LogP contribution is -2.26. The highest BCUT2D eigenvalue weighted by molar-refractivity contribution is 6.37. The number of aromatic nitrogens is 2. The van der Waals surface area contributed by atoms with Crippen molar-refractivity contribution in [1.82, 2.24) is 10.1 Å². The Labute approximate surface area is 180 Å². The number of nitrogens with zero attached hydrogens (tertiary/aromatic N) is 2. The van der Waals surface area contributed by atoms with E-state index in [4.69, 9.17) is 39.5 Å². The maximum absolute atomic E-state index is 12.1. The van der Waals surface area contributed by atoms with Gasteiger partial charge in [-0.2, -0.15) is 0 Å². The van der Waals surface area contributed by atoms with E-state index in [0.29, 0.717) is 17.6 Å². The first-order valence-electron chi connectivity index (χ1n) is 8.61. The second-order valence-electron chi connectivity index (χ2n) is 6.25. The highest BCUT2D eigenvalue weighted by atomic mass is 35.5. The summed E-state index contributed by atoms with van der Waals surface area (Å²) in [6, 6.07) is 3.02. The third kappa shape index (κ3) is 5.08. The SMILES string of the molecule is CC[C@@H](O)C1=CC(Oc2c(Cl)cc(CC(=O)c3noc(=O)[nH]3)cc2Cl)=NCC1Cl. The average molecular weight is 461 g/mol. The number of aromatic amines is 1. The fourth-order valence-corrected chi connectivity index (χ4v) is 3.58. The summed E-state index contributed by atoms with van der Waals surface area (Å²) < 4.78 is 10.0. The normalized spacial score (nSPS) is 17.5. The van der Waals surface area contributed by atoms with Gasteiger partial charge in [-0.3, -0.25) is 14.3 Å². The summed E-state index contributed by atoms with van der Waals surface area (Å²) in [6.07, 6.45) is 1.27. The second-order valence-corrected chi connectivity index (χ2v) is 7.59. The van der Waals surface area contributed by atoms with Crippen LogP contribution in [0.25, 0.3) is 0 Å². The number of Topliss-reactive ketones (excluding diaryl/α,β-unsaturated/α-hetero) is 1. The minimum atomic E-state index is -0.818. The highest BCUT2D eigenvalue weighted by Crippen LogP contribution is 2.35. The molecule has 2 aromatic rings. The fourth-order valence-electron chi connectivity index (χ4n) is 2.69. The number of alkyl halides is 1. The fraction of sp³-hybridized carbons (Fsp3) is 0.333. The Morgan fingerprint density at radius 1 is 1.41 bits per heavy atom. The molecule has 1 unspecified atom stereocenters. The molecule has 2 N–H and O–H groups in total. The van der Waals surface area contributed by atoms with Gasteiger partial charge in [0, 0.05) is 12.5 Å². The van der Waals surface area contributed by atoms with Gasteiger partial charge in [-0.05, 0) is 29.7 Å². The van der Waals surface area contributed by atoms with Crippen molar-refractivity contribution < 1.29 is 19.2 Å². The Hall–Kier alpha value is -2.13. The van der Waals surface area contributed by atoms with Crippen LogP contribution in [-0.2, 0) is 6.42 Å². The smallest absolute Gasteiger partial charge is 0.436 e. The Kier molecular flexibility index (Phi) is 6.79. The first-order valence-corrected chi connectivity index (χ1v) is 9.80. The zero-order chi connectivity index (χ0) is 21.1. The predicted molar refractivity (Wildman–Crippen MR) is 109 cm³/mol. The van der Waals surface area contributed by atoms with Crippen LogP contribution < -0.4 is 10.5 Å². The van der Waals surface area contributed by atoms with Crippen molar-refractivity contribution in [3.63, 3.8) is 0 Å². The third-order valence-corrected chi connectivity index (χ3v) is 5.12. The molecule has 0 amide bonds. The molecule has 11 heteroatoms. The number of hydrogen-bond acceptors (Lipinski definition) is 7. The summed E-state index contributed by atoms with van der Waals surface area (Å²) >= 11 is 18.8. The maximum atomic E-state index is 12.1. The number of carbonyl (C=O) groups excluding carboxylic acids is 1. The van der Waals surface area contributed by atoms with E-state index in [2.05, 4.69) is 19.7 Å². The van der Waals surface area contributed by atoms with Crippen molar-refractivity contribution in [3.8, 4) is 5.75 Å². The molecule has 0 spiro atoms. The van der Waals surface area contributed by atoms with E-state index in [1.54, 1.807) is 6.08 Å². The number of aliphatic imine (C=N–C) groups is 1. The number of aliphatic hydroxyl groups excluding tert-OH is 1. The Morgan fingerprint density at radius 3 is 2.69 bits per heavy atom. The molecule has 0 aliphatic carbocycles. The number of carbonyl (C=O) groups is 1. The second kappa shape index (κ2) is 9.13. The van der Waals surface area contributed by atoms with Crippen molar-refractivity contribution in [2.75, 3.05) is 6.54 Å². The van der Waals surface area contributed by atoms with Crippen molar-refractivity contribution in [1.29, 1.82) is 0 Å². The number of benzene rings is 1. The van der Waals surface area contributed by atoms with E-state index in [9.17, 15) is 14.7 Å². The summed E-state index contributed by atoms with van der Waals surface area (Å²) in [5, 5.41) is 13.3. The van der Waals surface area contributed by atoms with Gasteiger partial charge in [0.2, 0.25) is 17.5 Å². The number of hydrogen-bond donors (Lipinski definition) is 2. The summed E-state index contributed by atoms with van der Waals surface area (Å²) in [6.45, 7) is 2.08. The lowest BCUT2D eigenvalue weighted by molar-refractivity contribution is 0.0980. The summed E-state index contributed by atoms with van der Waals surface area (Å²) in [5.41, 5.74) is 1.10. The van der Waals surface area contributed by atoms with Crippen LogP contribution in [0.15, 0.2) is 38.1 Å². The number of H-pyrrole nitrogens is 1. The van der Waals surface area contributed by atoms with E-state index < -0.39 is 23.0 Å². The van der Waals surface area contributed by atoms with E-state index in [0.717, 1.165) is 0 Å². The Morgan fingerprint density at radius 2 is 2.10 bits per heavy atom. The third-order valence-electron chi connectivity index (χ3n) is 4.16. The van der Waals surface area contributed by atoms with Crippen LogP contribution in [0.4, 0.5) is 0 Å². The molecule has 1 aromatic heterocycles. The van der Waals surface area contributed by atoms with Crippen LogP contribution in [0.2, 0.25) is 10.0 Å². The molecule has 1 aliphatic rings. The molecule has 3 rings (SSSR count). The number of halogens is 3. The molecule has 0 saturated heterocycles. The Bertz CT molecular complexity index is 1020. The van der Waals surface area contributed by atoms with Crippen molar-refractivity contribution in [3.05, 3.63) is 55.8 Å². The van der Waals surface area contributed by atoms with E-state index in [1.807, 2.05) is 6.92 Å². The number of dihydropyridines is 1. The molecule has 154 valence electrons. The molecule has 1 aromatic carbocycles. The van der Waals surface area contributed by atoms with Crippen LogP contribution in [0.5, 0.6) is 5.75 Å². The molecule has 0 bridgehead atoms. The summed E-state index contributed by atoms with van der Waals surface area (Å²) in [4.78, 5) is 29.5. The lowest BCUT2D eigenvalue weighted by Gasteiger charge is -2.22. The van der Waals surface area contributed by atoms with Gasteiger partial charge < -0.3 is 9.84 Å². The molecular weight excluding hydrogens is 445 g/mol. The molecule has 29 heavy (non-hydrogen) atoms. The minimum Gasteiger partial charge on any atom is -0.436 e. The minimum absolute atomic E-state index is 0.107. The van der Waals surface area contributed by atoms with Gasteiger partial charge in [0.15, 0.2) is 5.75 Å². The van der Waals surface area contributed by atoms with Gasteiger partial charge in [-0.1, -0.05) is 35.3 Å². The van der Waals surface area contributed by atoms with Crippen LogP contribution in [-0.4, -0.2) is 45.0 Å². The van der Waals surface area contributed by atoms with E-state index in [-0.39, 0.29) is 40.5 Å². The summed E-state index contributed by atoms with van der Waals surface area (Å²) in [5.74, 6) is -1.10. The van der Waals surface area contributed by atoms with Gasteiger partial charge >= 0.3 is 5.76 Å². The van der Waals surface area contributed by atoms with Gasteiger partial charge in [-0.25, -0.2) is 9.79 Å².